The molecule has 4 rings (SSSR count). The van der Waals surface area contributed by atoms with Crippen molar-refractivity contribution in [1.29, 1.82) is 0 Å². The lowest BCUT2D eigenvalue weighted by Crippen LogP contribution is -2.20. The molecule has 0 bridgehead atoms. The van der Waals surface area contributed by atoms with Gasteiger partial charge in [0.2, 0.25) is 5.91 Å². The lowest BCUT2D eigenvalue weighted by atomic mass is 10.1. The Morgan fingerprint density at radius 2 is 2.20 bits per heavy atom. The first-order valence-electron chi connectivity index (χ1n) is 8.03. The van der Waals surface area contributed by atoms with Crippen LogP contribution >= 0.6 is 11.8 Å². The summed E-state index contributed by atoms with van der Waals surface area (Å²) in [4.78, 5) is 12.2. The average Bonchev–Trinajstić information content (AvgIpc) is 3.16. The number of hydrogen-bond donors (Lipinski definition) is 1. The second-order valence-corrected chi connectivity index (χ2v) is 9.86. The molecular weight excluding hydrogens is 362 g/mol. The third-order valence-electron chi connectivity index (χ3n) is 4.61. The van der Waals surface area contributed by atoms with E-state index in [1.807, 2.05) is 20.2 Å². The van der Waals surface area contributed by atoms with E-state index in [-0.39, 0.29) is 28.7 Å². The fourth-order valence-corrected chi connectivity index (χ4v) is 6.33. The minimum absolute atomic E-state index is 0.0607. The highest BCUT2D eigenvalue weighted by atomic mass is 32.2. The molecule has 2 aliphatic rings. The van der Waals surface area contributed by atoms with E-state index < -0.39 is 9.84 Å². The van der Waals surface area contributed by atoms with E-state index in [1.165, 1.54) is 11.8 Å². The van der Waals surface area contributed by atoms with Crippen LogP contribution in [0, 0.1) is 6.92 Å². The molecule has 2 aromatic heterocycles. The van der Waals surface area contributed by atoms with Crippen molar-refractivity contribution in [3.8, 4) is 0 Å². The van der Waals surface area contributed by atoms with Crippen LogP contribution in [0.15, 0.2) is 12.4 Å². The zero-order chi connectivity index (χ0) is 17.8. The van der Waals surface area contributed by atoms with Gasteiger partial charge in [-0.2, -0.15) is 10.2 Å². The monoisotopic (exact) mass is 381 g/mol. The van der Waals surface area contributed by atoms with Crippen molar-refractivity contribution in [1.82, 2.24) is 19.6 Å². The Labute approximate surface area is 149 Å². The number of amides is 1. The molecular formula is C15H19N5O3S2. The number of fused-ring (bicyclic) bond motifs is 1. The number of hydrogen-bond acceptors (Lipinski definition) is 6. The van der Waals surface area contributed by atoms with Crippen LogP contribution < -0.4 is 5.32 Å². The normalized spacial score (nSPS) is 25.4. The summed E-state index contributed by atoms with van der Waals surface area (Å²) in [7, 11) is -1.18. The number of carbonyl (C=O) groups is 1. The first-order valence-corrected chi connectivity index (χ1v) is 10.9. The van der Waals surface area contributed by atoms with Crippen LogP contribution in [0.3, 0.4) is 0 Å². The molecule has 0 aromatic carbocycles. The molecule has 0 spiro atoms. The second kappa shape index (κ2) is 5.87. The third kappa shape index (κ3) is 2.97. The number of carbonyl (C=O) groups excluding carboxylic acids is 1. The standard InChI is InChI=1S/C15H19N5O3S2/c1-9-13-14(10-5-16-19(2)6-10)24-7-12(21)17-15(13)20(18-9)11-3-4-25(22,23)8-11/h5-6,11,14H,3-4,7-8H2,1-2H3,(H,17,21). The fraction of sp³-hybridized carbons (Fsp3) is 0.533. The zero-order valence-electron chi connectivity index (χ0n) is 14.0. The Kier molecular flexibility index (Phi) is 3.91. The zero-order valence-corrected chi connectivity index (χ0v) is 15.6. The van der Waals surface area contributed by atoms with E-state index in [4.69, 9.17) is 0 Å². The van der Waals surface area contributed by atoms with Crippen molar-refractivity contribution < 1.29 is 13.2 Å². The molecule has 4 heterocycles. The molecule has 25 heavy (non-hydrogen) atoms. The highest BCUT2D eigenvalue weighted by Crippen LogP contribution is 2.44. The van der Waals surface area contributed by atoms with Crippen molar-refractivity contribution in [2.45, 2.75) is 24.6 Å². The lowest BCUT2D eigenvalue weighted by Gasteiger charge is -2.15. The number of nitrogens with one attached hydrogen (secondary N) is 1. The highest BCUT2D eigenvalue weighted by Gasteiger charge is 2.36. The van der Waals surface area contributed by atoms with E-state index in [9.17, 15) is 13.2 Å². The summed E-state index contributed by atoms with van der Waals surface area (Å²) in [6.07, 6.45) is 4.26. The number of rotatable bonds is 2. The van der Waals surface area contributed by atoms with Gasteiger partial charge in [0.1, 0.15) is 5.82 Å². The maximum Gasteiger partial charge on any atom is 0.235 e. The van der Waals surface area contributed by atoms with Crippen LogP contribution in [0.2, 0.25) is 0 Å². The van der Waals surface area contributed by atoms with Crippen LogP contribution in [0.25, 0.3) is 0 Å². The number of aromatic nitrogens is 4. The molecule has 0 radical (unpaired) electrons. The van der Waals surface area contributed by atoms with Crippen LogP contribution in [0.1, 0.15) is 34.5 Å². The Balaban J connectivity index is 1.82. The molecule has 1 amide bonds. The first-order chi connectivity index (χ1) is 11.8. The van der Waals surface area contributed by atoms with E-state index >= 15 is 0 Å². The van der Waals surface area contributed by atoms with Gasteiger partial charge in [-0.1, -0.05) is 0 Å². The van der Waals surface area contributed by atoms with Gasteiger partial charge in [0, 0.05) is 24.4 Å². The SMILES string of the molecule is Cc1nn(C2CCS(=O)(=O)C2)c2c1C(c1cnn(C)c1)SCC(=O)N2. The van der Waals surface area contributed by atoms with Gasteiger partial charge in [-0.05, 0) is 13.3 Å². The number of thioether (sulfide) groups is 1. The van der Waals surface area contributed by atoms with Crippen molar-refractivity contribution >= 4 is 33.3 Å². The molecule has 1 N–H and O–H groups in total. The molecule has 134 valence electrons. The van der Waals surface area contributed by atoms with Crippen LogP contribution in [0.5, 0.6) is 0 Å². The van der Waals surface area contributed by atoms with E-state index in [0.29, 0.717) is 18.0 Å². The summed E-state index contributed by atoms with van der Waals surface area (Å²) in [6, 6.07) is -0.231. The van der Waals surface area contributed by atoms with Gasteiger partial charge in [-0.25, -0.2) is 13.1 Å². The number of aryl methyl sites for hydroxylation is 2. The smallest absolute Gasteiger partial charge is 0.235 e. The Hall–Kier alpha value is -1.81. The van der Waals surface area contributed by atoms with Crippen molar-refractivity contribution in [3.05, 3.63) is 29.2 Å². The Bertz CT molecular complexity index is 947. The van der Waals surface area contributed by atoms with Crippen molar-refractivity contribution in [2.75, 3.05) is 22.6 Å². The van der Waals surface area contributed by atoms with E-state index in [0.717, 1.165) is 16.8 Å². The minimum atomic E-state index is -3.04. The molecule has 1 saturated heterocycles. The largest absolute Gasteiger partial charge is 0.310 e. The molecule has 0 aliphatic carbocycles. The van der Waals surface area contributed by atoms with Gasteiger partial charge >= 0.3 is 0 Å². The molecule has 2 atom stereocenters. The summed E-state index contributed by atoms with van der Waals surface area (Å²) < 4.78 is 27.2. The van der Waals surface area contributed by atoms with E-state index in [1.54, 1.807) is 15.6 Å². The highest BCUT2D eigenvalue weighted by molar-refractivity contribution is 8.00. The van der Waals surface area contributed by atoms with E-state index in [2.05, 4.69) is 15.5 Å². The number of anilines is 1. The summed E-state index contributed by atoms with van der Waals surface area (Å²) >= 11 is 1.53. The van der Waals surface area contributed by atoms with Gasteiger partial charge < -0.3 is 5.32 Å². The molecule has 2 aliphatic heterocycles. The van der Waals surface area contributed by atoms with Crippen molar-refractivity contribution in [2.24, 2.45) is 7.05 Å². The van der Waals surface area contributed by atoms with Gasteiger partial charge in [-0.3, -0.25) is 9.48 Å². The molecule has 0 saturated carbocycles. The predicted molar refractivity (Wildman–Crippen MR) is 95.4 cm³/mol. The van der Waals surface area contributed by atoms with Gasteiger partial charge in [0.15, 0.2) is 9.84 Å². The second-order valence-electron chi connectivity index (χ2n) is 6.54. The van der Waals surface area contributed by atoms with Crippen LogP contribution in [0.4, 0.5) is 5.82 Å². The topological polar surface area (TPSA) is 98.9 Å². The quantitative estimate of drug-likeness (QED) is 0.835. The third-order valence-corrected chi connectivity index (χ3v) is 7.64. The Morgan fingerprint density at radius 1 is 1.40 bits per heavy atom. The Morgan fingerprint density at radius 3 is 2.84 bits per heavy atom. The number of sulfone groups is 1. The predicted octanol–water partition coefficient (Wildman–Crippen LogP) is 1.06. The van der Waals surface area contributed by atoms with Gasteiger partial charge in [0.25, 0.3) is 0 Å². The molecule has 10 heteroatoms. The lowest BCUT2D eigenvalue weighted by molar-refractivity contribution is -0.113. The number of nitrogens with zero attached hydrogens (tertiary/aromatic N) is 4. The summed E-state index contributed by atoms with van der Waals surface area (Å²) in [5, 5.41) is 11.7. The van der Waals surface area contributed by atoms with Crippen LogP contribution in [-0.2, 0) is 21.7 Å². The maximum absolute atomic E-state index is 12.2. The fourth-order valence-electron chi connectivity index (χ4n) is 3.48. The van der Waals surface area contributed by atoms with Crippen LogP contribution in [-0.4, -0.2) is 51.1 Å². The van der Waals surface area contributed by atoms with Gasteiger partial charge in [-0.15, -0.1) is 11.8 Å². The van der Waals surface area contributed by atoms with Crippen molar-refractivity contribution in [3.63, 3.8) is 0 Å². The first kappa shape index (κ1) is 16.6. The molecule has 8 nitrogen and oxygen atoms in total. The maximum atomic E-state index is 12.2. The minimum Gasteiger partial charge on any atom is -0.310 e. The average molecular weight is 381 g/mol. The molecule has 2 aromatic rings. The molecule has 2 unspecified atom stereocenters. The molecule has 1 fully saturated rings. The van der Waals surface area contributed by atoms with Gasteiger partial charge in [0.05, 0.1) is 40.4 Å². The summed E-state index contributed by atoms with van der Waals surface area (Å²) in [5.74, 6) is 1.10. The summed E-state index contributed by atoms with van der Waals surface area (Å²) in [5.41, 5.74) is 2.75. The summed E-state index contributed by atoms with van der Waals surface area (Å²) in [6.45, 7) is 1.90.